The first kappa shape index (κ1) is 13.3. The third-order valence-corrected chi connectivity index (χ3v) is 3.10. The van der Waals surface area contributed by atoms with Crippen LogP contribution in [0.25, 0.3) is 0 Å². The Labute approximate surface area is 108 Å². The van der Waals surface area contributed by atoms with Crippen LogP contribution in [0.5, 0.6) is 5.88 Å². The summed E-state index contributed by atoms with van der Waals surface area (Å²) in [5.41, 5.74) is 7.83. The van der Waals surface area contributed by atoms with E-state index < -0.39 is 0 Å². The molecule has 1 aromatic rings. The van der Waals surface area contributed by atoms with Crippen LogP contribution in [0.1, 0.15) is 37.4 Å². The highest BCUT2D eigenvalue weighted by Gasteiger charge is 2.16. The molecule has 1 unspecified atom stereocenters. The first-order valence-corrected chi connectivity index (χ1v) is 6.76. The SMILES string of the molecule is CCCc1cc(CN)cc(OCC2CCCO2)n1. The largest absolute Gasteiger partial charge is 0.475 e. The maximum Gasteiger partial charge on any atom is 0.213 e. The van der Waals surface area contributed by atoms with E-state index in [0.29, 0.717) is 19.0 Å². The van der Waals surface area contributed by atoms with Crippen LogP contribution in [0.2, 0.25) is 0 Å². The van der Waals surface area contributed by atoms with Crippen LogP contribution in [0.4, 0.5) is 0 Å². The number of rotatable bonds is 6. The predicted octanol–water partition coefficient (Wildman–Crippen LogP) is 2.05. The molecule has 0 radical (unpaired) electrons. The lowest BCUT2D eigenvalue weighted by atomic mass is 10.1. The summed E-state index contributed by atoms with van der Waals surface area (Å²) >= 11 is 0. The number of aromatic nitrogens is 1. The average molecular weight is 250 g/mol. The zero-order valence-electron chi connectivity index (χ0n) is 11.0. The molecule has 0 amide bonds. The molecule has 2 N–H and O–H groups in total. The Balaban J connectivity index is 1.98. The molecule has 1 aromatic heterocycles. The topological polar surface area (TPSA) is 57.4 Å². The lowest BCUT2D eigenvalue weighted by Gasteiger charge is -2.12. The monoisotopic (exact) mass is 250 g/mol. The summed E-state index contributed by atoms with van der Waals surface area (Å²) in [5, 5.41) is 0. The first-order valence-electron chi connectivity index (χ1n) is 6.76. The van der Waals surface area contributed by atoms with E-state index >= 15 is 0 Å². The lowest BCUT2D eigenvalue weighted by Crippen LogP contribution is -2.17. The molecule has 1 atom stereocenters. The Morgan fingerprint density at radius 1 is 1.50 bits per heavy atom. The number of hydrogen-bond donors (Lipinski definition) is 1. The highest BCUT2D eigenvalue weighted by atomic mass is 16.5. The molecule has 0 aliphatic carbocycles. The van der Waals surface area contributed by atoms with E-state index in [1.807, 2.05) is 6.07 Å². The van der Waals surface area contributed by atoms with Gasteiger partial charge in [-0.05, 0) is 30.9 Å². The predicted molar refractivity (Wildman–Crippen MR) is 70.6 cm³/mol. The van der Waals surface area contributed by atoms with Gasteiger partial charge in [0.1, 0.15) is 6.61 Å². The van der Waals surface area contributed by atoms with Crippen LogP contribution < -0.4 is 10.5 Å². The molecular formula is C14H22N2O2. The van der Waals surface area contributed by atoms with Crippen molar-refractivity contribution in [3.63, 3.8) is 0 Å². The van der Waals surface area contributed by atoms with Gasteiger partial charge < -0.3 is 15.2 Å². The molecule has 2 heterocycles. The van der Waals surface area contributed by atoms with E-state index in [2.05, 4.69) is 18.0 Å². The second kappa shape index (κ2) is 6.71. The summed E-state index contributed by atoms with van der Waals surface area (Å²) in [7, 11) is 0. The third-order valence-electron chi connectivity index (χ3n) is 3.10. The molecule has 0 aromatic carbocycles. The number of ether oxygens (including phenoxy) is 2. The van der Waals surface area contributed by atoms with E-state index in [4.69, 9.17) is 15.2 Å². The van der Waals surface area contributed by atoms with Crippen LogP contribution in [0.3, 0.4) is 0 Å². The average Bonchev–Trinajstić information content (AvgIpc) is 2.89. The minimum absolute atomic E-state index is 0.225. The van der Waals surface area contributed by atoms with Crippen LogP contribution in [-0.2, 0) is 17.7 Å². The molecule has 18 heavy (non-hydrogen) atoms. The van der Waals surface area contributed by atoms with Gasteiger partial charge in [-0.15, -0.1) is 0 Å². The smallest absolute Gasteiger partial charge is 0.213 e. The van der Waals surface area contributed by atoms with E-state index in [9.17, 15) is 0 Å². The number of hydrogen-bond acceptors (Lipinski definition) is 4. The molecule has 100 valence electrons. The van der Waals surface area contributed by atoms with E-state index in [-0.39, 0.29) is 6.10 Å². The Hall–Kier alpha value is -1.13. The Bertz CT molecular complexity index is 376. The molecule has 1 aliphatic rings. The Kier molecular flexibility index (Phi) is 4.96. The highest BCUT2D eigenvalue weighted by molar-refractivity contribution is 5.25. The summed E-state index contributed by atoms with van der Waals surface area (Å²) < 4.78 is 11.3. The van der Waals surface area contributed by atoms with Crippen molar-refractivity contribution < 1.29 is 9.47 Å². The van der Waals surface area contributed by atoms with E-state index in [1.165, 1.54) is 0 Å². The minimum Gasteiger partial charge on any atom is -0.475 e. The van der Waals surface area contributed by atoms with Crippen molar-refractivity contribution in [2.75, 3.05) is 13.2 Å². The maximum atomic E-state index is 5.73. The fourth-order valence-electron chi connectivity index (χ4n) is 2.15. The Morgan fingerprint density at radius 2 is 2.39 bits per heavy atom. The summed E-state index contributed by atoms with van der Waals surface area (Å²) in [4.78, 5) is 4.50. The van der Waals surface area contributed by atoms with Gasteiger partial charge in [0, 0.05) is 24.9 Å². The molecule has 4 nitrogen and oxygen atoms in total. The van der Waals surface area contributed by atoms with Crippen molar-refractivity contribution in [3.05, 3.63) is 23.4 Å². The third kappa shape index (κ3) is 3.68. The van der Waals surface area contributed by atoms with E-state index in [0.717, 1.165) is 43.5 Å². The second-order valence-corrected chi connectivity index (χ2v) is 4.71. The van der Waals surface area contributed by atoms with Gasteiger partial charge in [-0.3, -0.25) is 0 Å². The Morgan fingerprint density at radius 3 is 3.06 bits per heavy atom. The second-order valence-electron chi connectivity index (χ2n) is 4.71. The van der Waals surface area contributed by atoms with Gasteiger partial charge in [0.25, 0.3) is 0 Å². The van der Waals surface area contributed by atoms with Crippen LogP contribution in [-0.4, -0.2) is 24.3 Å². The summed E-state index contributed by atoms with van der Waals surface area (Å²) in [6, 6.07) is 3.98. The van der Waals surface area contributed by atoms with Crippen LogP contribution in [0.15, 0.2) is 12.1 Å². The first-order chi connectivity index (χ1) is 8.81. The lowest BCUT2D eigenvalue weighted by molar-refractivity contribution is 0.0662. The van der Waals surface area contributed by atoms with Gasteiger partial charge in [0.15, 0.2) is 0 Å². The van der Waals surface area contributed by atoms with Gasteiger partial charge in [-0.2, -0.15) is 0 Å². The van der Waals surface area contributed by atoms with Crippen molar-refractivity contribution in [1.82, 2.24) is 4.98 Å². The zero-order valence-corrected chi connectivity index (χ0v) is 11.0. The van der Waals surface area contributed by atoms with Gasteiger partial charge in [0.05, 0.1) is 6.10 Å². The molecule has 2 rings (SSSR count). The van der Waals surface area contributed by atoms with Crippen LogP contribution in [0, 0.1) is 0 Å². The molecule has 4 heteroatoms. The normalized spacial score (nSPS) is 19.1. The summed E-state index contributed by atoms with van der Waals surface area (Å²) in [6.07, 6.45) is 4.48. The van der Waals surface area contributed by atoms with Crippen molar-refractivity contribution in [2.24, 2.45) is 5.73 Å². The van der Waals surface area contributed by atoms with Crippen molar-refractivity contribution in [2.45, 2.75) is 45.3 Å². The van der Waals surface area contributed by atoms with Crippen molar-refractivity contribution in [1.29, 1.82) is 0 Å². The minimum atomic E-state index is 0.225. The quantitative estimate of drug-likeness (QED) is 0.839. The maximum absolute atomic E-state index is 5.73. The number of nitrogens with zero attached hydrogens (tertiary/aromatic N) is 1. The molecule has 0 spiro atoms. The van der Waals surface area contributed by atoms with Gasteiger partial charge in [-0.25, -0.2) is 4.98 Å². The molecule has 1 fully saturated rings. The molecule has 0 bridgehead atoms. The molecule has 0 saturated carbocycles. The molecule has 1 aliphatic heterocycles. The number of aryl methyl sites for hydroxylation is 1. The fourth-order valence-corrected chi connectivity index (χ4v) is 2.15. The van der Waals surface area contributed by atoms with Crippen molar-refractivity contribution >= 4 is 0 Å². The summed E-state index contributed by atoms with van der Waals surface area (Å²) in [6.45, 7) is 4.11. The highest BCUT2D eigenvalue weighted by Crippen LogP contribution is 2.17. The van der Waals surface area contributed by atoms with E-state index in [1.54, 1.807) is 0 Å². The number of pyridine rings is 1. The molecule has 1 saturated heterocycles. The van der Waals surface area contributed by atoms with Gasteiger partial charge in [-0.1, -0.05) is 13.3 Å². The fraction of sp³-hybridized carbons (Fsp3) is 0.643. The van der Waals surface area contributed by atoms with Crippen molar-refractivity contribution in [3.8, 4) is 5.88 Å². The summed E-state index contributed by atoms with van der Waals surface area (Å²) in [5.74, 6) is 0.678. The van der Waals surface area contributed by atoms with Gasteiger partial charge in [0.2, 0.25) is 5.88 Å². The number of nitrogens with two attached hydrogens (primary N) is 1. The standard InChI is InChI=1S/C14H22N2O2/c1-2-4-12-7-11(9-15)8-14(16-12)18-10-13-5-3-6-17-13/h7-8,13H,2-6,9-10,15H2,1H3. The zero-order chi connectivity index (χ0) is 12.8. The molecular weight excluding hydrogens is 228 g/mol. The van der Waals surface area contributed by atoms with Crippen LogP contribution >= 0.6 is 0 Å². The van der Waals surface area contributed by atoms with Gasteiger partial charge >= 0.3 is 0 Å².